The highest BCUT2D eigenvalue weighted by molar-refractivity contribution is 7.89. The number of carbonyl (C=O) groups excluding carboxylic acids is 1. The second-order valence-corrected chi connectivity index (χ2v) is 11.5. The maximum absolute atomic E-state index is 13.3. The molecule has 3 aromatic carbocycles. The van der Waals surface area contributed by atoms with E-state index in [0.29, 0.717) is 5.75 Å². The molecule has 4 rings (SSSR count). The van der Waals surface area contributed by atoms with Crippen molar-refractivity contribution in [2.45, 2.75) is 68.1 Å². The third-order valence-electron chi connectivity index (χ3n) is 6.82. The normalized spacial score (nSPS) is 16.1. The van der Waals surface area contributed by atoms with E-state index in [1.54, 1.807) is 12.1 Å². The van der Waals surface area contributed by atoms with Crippen LogP contribution in [-0.4, -0.2) is 51.2 Å². The Balaban J connectivity index is 1.55. The topological polar surface area (TPSA) is 123 Å². The molecule has 9 nitrogen and oxygen atoms in total. The van der Waals surface area contributed by atoms with Crippen molar-refractivity contribution in [2.75, 3.05) is 7.11 Å². The Kier molecular flexibility index (Phi) is 10.5. The first-order valence-corrected chi connectivity index (χ1v) is 14.8. The van der Waals surface area contributed by atoms with E-state index in [1.807, 2.05) is 60.7 Å². The SMILES string of the molecule is COc1ccc(S(=O)(=O)NC(OC2CCCC2)[C@@H](O)[C@H](Cc2ccccc2)NC(=O)OCc2ccccc2)cc1. The lowest BCUT2D eigenvalue weighted by molar-refractivity contribution is -0.0899. The summed E-state index contributed by atoms with van der Waals surface area (Å²) in [6.07, 6.45) is -0.0743. The van der Waals surface area contributed by atoms with Crippen molar-refractivity contribution in [1.29, 1.82) is 0 Å². The molecule has 0 spiro atoms. The number of hydrogen-bond acceptors (Lipinski definition) is 7. The van der Waals surface area contributed by atoms with Crippen LogP contribution < -0.4 is 14.8 Å². The van der Waals surface area contributed by atoms with Crippen LogP contribution in [0.15, 0.2) is 89.8 Å². The lowest BCUT2D eigenvalue weighted by Crippen LogP contribution is -2.56. The average Bonchev–Trinajstić information content (AvgIpc) is 3.49. The van der Waals surface area contributed by atoms with Gasteiger partial charge in [-0.1, -0.05) is 73.5 Å². The standard InChI is InChI=1S/C30H36N2O7S/c1-37-24-16-18-26(19-17-24)40(35,36)32-29(39-25-14-8-9-15-25)28(33)27(20-22-10-4-2-5-11-22)31-30(34)38-21-23-12-6-3-7-13-23/h2-7,10-13,16-19,25,27-29,32-33H,8-9,14-15,20-21H2,1H3,(H,31,34)/t27-,28-,29?/m0/s1. The fourth-order valence-electron chi connectivity index (χ4n) is 4.64. The zero-order valence-electron chi connectivity index (χ0n) is 22.4. The summed E-state index contributed by atoms with van der Waals surface area (Å²) in [4.78, 5) is 12.8. The van der Waals surface area contributed by atoms with Gasteiger partial charge in [0.15, 0.2) is 0 Å². The van der Waals surface area contributed by atoms with Crippen molar-refractivity contribution in [3.8, 4) is 5.75 Å². The van der Waals surface area contributed by atoms with Crippen LogP contribution in [0.3, 0.4) is 0 Å². The van der Waals surface area contributed by atoms with Gasteiger partial charge < -0.3 is 24.6 Å². The number of nitrogens with one attached hydrogen (secondary N) is 2. The molecule has 40 heavy (non-hydrogen) atoms. The number of hydrogen-bond donors (Lipinski definition) is 3. The Morgan fingerprint density at radius 2 is 1.52 bits per heavy atom. The highest BCUT2D eigenvalue weighted by atomic mass is 32.2. The summed E-state index contributed by atoms with van der Waals surface area (Å²) in [6, 6.07) is 23.5. The zero-order valence-corrected chi connectivity index (χ0v) is 23.3. The molecule has 0 heterocycles. The van der Waals surface area contributed by atoms with Gasteiger partial charge >= 0.3 is 6.09 Å². The van der Waals surface area contributed by atoms with E-state index in [-0.39, 0.29) is 24.0 Å². The molecule has 1 aliphatic rings. The van der Waals surface area contributed by atoms with Gasteiger partial charge in [-0.15, -0.1) is 0 Å². The first-order valence-electron chi connectivity index (χ1n) is 13.3. The smallest absolute Gasteiger partial charge is 0.407 e. The first kappa shape index (κ1) is 29.5. The van der Waals surface area contributed by atoms with Crippen LogP contribution in [-0.2, 0) is 32.5 Å². The number of alkyl carbamates (subject to hydrolysis) is 1. The fourth-order valence-corrected chi connectivity index (χ4v) is 5.77. The van der Waals surface area contributed by atoms with E-state index in [1.165, 1.54) is 19.2 Å². The maximum Gasteiger partial charge on any atom is 0.407 e. The Morgan fingerprint density at radius 1 is 0.925 bits per heavy atom. The van der Waals surface area contributed by atoms with E-state index in [0.717, 1.165) is 36.8 Å². The number of aliphatic hydroxyl groups is 1. The minimum Gasteiger partial charge on any atom is -0.497 e. The quantitative estimate of drug-likeness (QED) is 0.265. The van der Waals surface area contributed by atoms with Crippen molar-refractivity contribution in [1.82, 2.24) is 10.0 Å². The molecule has 3 atom stereocenters. The van der Waals surface area contributed by atoms with Gasteiger partial charge in [0.05, 0.1) is 24.2 Å². The Hall–Kier alpha value is -3.44. The van der Waals surface area contributed by atoms with Crippen LogP contribution in [0, 0.1) is 0 Å². The Labute approximate surface area is 235 Å². The molecule has 0 aromatic heterocycles. The van der Waals surface area contributed by atoms with E-state index in [4.69, 9.17) is 14.2 Å². The highest BCUT2D eigenvalue weighted by Crippen LogP contribution is 2.25. The minimum atomic E-state index is -4.09. The monoisotopic (exact) mass is 568 g/mol. The van der Waals surface area contributed by atoms with Crippen molar-refractivity contribution < 1.29 is 32.5 Å². The summed E-state index contributed by atoms with van der Waals surface area (Å²) in [6.45, 7) is 0.0485. The summed E-state index contributed by atoms with van der Waals surface area (Å²) >= 11 is 0. The summed E-state index contributed by atoms with van der Waals surface area (Å²) in [5, 5.41) is 14.3. The molecular formula is C30H36N2O7S. The summed E-state index contributed by atoms with van der Waals surface area (Å²) in [5.41, 5.74) is 1.65. The van der Waals surface area contributed by atoms with Gasteiger partial charge in [-0.25, -0.2) is 13.2 Å². The van der Waals surface area contributed by atoms with Crippen LogP contribution >= 0.6 is 0 Å². The molecular weight excluding hydrogens is 532 g/mol. The number of methoxy groups -OCH3 is 1. The zero-order chi connectivity index (χ0) is 28.4. The van der Waals surface area contributed by atoms with Crippen LogP contribution in [0.4, 0.5) is 4.79 Å². The number of sulfonamides is 1. The molecule has 0 bridgehead atoms. The Morgan fingerprint density at radius 3 is 2.12 bits per heavy atom. The number of carbonyl (C=O) groups is 1. The molecule has 1 unspecified atom stereocenters. The number of benzene rings is 3. The lowest BCUT2D eigenvalue weighted by Gasteiger charge is -2.32. The number of amides is 1. The molecule has 10 heteroatoms. The van der Waals surface area contributed by atoms with Crippen molar-refractivity contribution in [2.24, 2.45) is 0 Å². The molecule has 0 aliphatic heterocycles. The van der Waals surface area contributed by atoms with Crippen molar-refractivity contribution >= 4 is 16.1 Å². The molecule has 1 fully saturated rings. The Bertz CT molecular complexity index is 1300. The molecule has 1 aliphatic carbocycles. The average molecular weight is 569 g/mol. The van der Waals surface area contributed by atoms with Crippen LogP contribution in [0.25, 0.3) is 0 Å². The van der Waals surface area contributed by atoms with Gasteiger partial charge in [0, 0.05) is 0 Å². The summed E-state index contributed by atoms with van der Waals surface area (Å²) in [5.74, 6) is 0.513. The molecule has 0 saturated heterocycles. The second-order valence-electron chi connectivity index (χ2n) is 9.75. The largest absolute Gasteiger partial charge is 0.497 e. The van der Waals surface area contributed by atoms with E-state index < -0.39 is 34.5 Å². The number of aliphatic hydroxyl groups excluding tert-OH is 1. The van der Waals surface area contributed by atoms with Gasteiger partial charge in [0.1, 0.15) is 24.7 Å². The van der Waals surface area contributed by atoms with Gasteiger partial charge in [0.2, 0.25) is 10.0 Å². The third-order valence-corrected chi connectivity index (χ3v) is 8.25. The molecule has 1 amide bonds. The molecule has 3 aromatic rings. The molecule has 3 N–H and O–H groups in total. The van der Waals surface area contributed by atoms with Crippen LogP contribution in [0.5, 0.6) is 5.75 Å². The van der Waals surface area contributed by atoms with Gasteiger partial charge in [-0.05, 0) is 54.7 Å². The molecule has 0 radical (unpaired) electrons. The van der Waals surface area contributed by atoms with Crippen LogP contribution in [0.1, 0.15) is 36.8 Å². The summed E-state index contributed by atoms with van der Waals surface area (Å²) < 4.78 is 45.9. The van der Waals surface area contributed by atoms with E-state index in [2.05, 4.69) is 10.0 Å². The minimum absolute atomic E-state index is 0.00430. The van der Waals surface area contributed by atoms with E-state index in [9.17, 15) is 18.3 Å². The third kappa shape index (κ3) is 8.53. The highest BCUT2D eigenvalue weighted by Gasteiger charge is 2.36. The second kappa shape index (κ2) is 14.3. The van der Waals surface area contributed by atoms with Gasteiger partial charge in [-0.3, -0.25) is 0 Å². The predicted octanol–water partition coefficient (Wildman–Crippen LogP) is 4.16. The molecule has 1 saturated carbocycles. The summed E-state index contributed by atoms with van der Waals surface area (Å²) in [7, 11) is -2.59. The first-order chi connectivity index (χ1) is 19.3. The van der Waals surface area contributed by atoms with E-state index >= 15 is 0 Å². The van der Waals surface area contributed by atoms with Gasteiger partial charge in [-0.2, -0.15) is 4.72 Å². The van der Waals surface area contributed by atoms with Crippen molar-refractivity contribution in [3.63, 3.8) is 0 Å². The number of rotatable bonds is 13. The molecule has 214 valence electrons. The maximum atomic E-state index is 13.3. The number of ether oxygens (including phenoxy) is 3. The lowest BCUT2D eigenvalue weighted by atomic mass is 10.0. The van der Waals surface area contributed by atoms with Gasteiger partial charge in [0.25, 0.3) is 0 Å². The van der Waals surface area contributed by atoms with Crippen LogP contribution in [0.2, 0.25) is 0 Å². The van der Waals surface area contributed by atoms with Crippen molar-refractivity contribution in [3.05, 3.63) is 96.1 Å². The fraction of sp³-hybridized carbons (Fsp3) is 0.367. The predicted molar refractivity (Wildman–Crippen MR) is 150 cm³/mol.